The summed E-state index contributed by atoms with van der Waals surface area (Å²) in [6.45, 7) is 8.07. The van der Waals surface area contributed by atoms with Crippen molar-refractivity contribution in [2.45, 2.75) is 33.7 Å². The molecule has 1 aromatic rings. The van der Waals surface area contributed by atoms with Gasteiger partial charge in [0.1, 0.15) is 5.56 Å². The molecule has 1 amide bonds. The SMILES string of the molecule is CCNc1cc(C(=O)N(CC)C(C)C)c([N+](=O)[O-])cc1F. The zero-order chi connectivity index (χ0) is 16.2. The first-order chi connectivity index (χ1) is 9.83. The molecule has 1 rings (SSSR count). The van der Waals surface area contributed by atoms with E-state index in [2.05, 4.69) is 5.32 Å². The maximum absolute atomic E-state index is 13.8. The average Bonchev–Trinajstić information content (AvgIpc) is 2.40. The van der Waals surface area contributed by atoms with Gasteiger partial charge in [0.05, 0.1) is 16.7 Å². The van der Waals surface area contributed by atoms with Gasteiger partial charge < -0.3 is 10.2 Å². The van der Waals surface area contributed by atoms with Gasteiger partial charge in [0.2, 0.25) is 0 Å². The predicted molar refractivity (Wildman–Crippen MR) is 79.1 cm³/mol. The number of benzene rings is 1. The number of halogens is 1. The summed E-state index contributed by atoms with van der Waals surface area (Å²) in [5.41, 5.74) is -0.530. The molecule has 1 aromatic carbocycles. The zero-order valence-electron chi connectivity index (χ0n) is 12.6. The van der Waals surface area contributed by atoms with Crippen LogP contribution in [-0.4, -0.2) is 34.9 Å². The molecule has 116 valence electrons. The van der Waals surface area contributed by atoms with E-state index in [1.54, 1.807) is 13.8 Å². The van der Waals surface area contributed by atoms with Gasteiger partial charge >= 0.3 is 0 Å². The van der Waals surface area contributed by atoms with Crippen LogP contribution in [0.2, 0.25) is 0 Å². The molecule has 0 aliphatic rings. The van der Waals surface area contributed by atoms with Crippen molar-refractivity contribution in [1.29, 1.82) is 0 Å². The molecular formula is C14H20FN3O3. The monoisotopic (exact) mass is 297 g/mol. The van der Waals surface area contributed by atoms with E-state index < -0.39 is 22.3 Å². The minimum Gasteiger partial charge on any atom is -0.383 e. The summed E-state index contributed by atoms with van der Waals surface area (Å²) >= 11 is 0. The summed E-state index contributed by atoms with van der Waals surface area (Å²) in [5.74, 6) is -1.22. The van der Waals surface area contributed by atoms with Crippen molar-refractivity contribution < 1.29 is 14.1 Å². The largest absolute Gasteiger partial charge is 0.383 e. The number of nitrogens with one attached hydrogen (secondary N) is 1. The second-order valence-corrected chi connectivity index (χ2v) is 4.82. The number of rotatable bonds is 6. The maximum atomic E-state index is 13.8. The number of nitrogens with zero attached hydrogens (tertiary/aromatic N) is 2. The van der Waals surface area contributed by atoms with Crippen molar-refractivity contribution in [1.82, 2.24) is 4.90 Å². The van der Waals surface area contributed by atoms with E-state index in [9.17, 15) is 19.3 Å². The molecular weight excluding hydrogens is 277 g/mol. The second-order valence-electron chi connectivity index (χ2n) is 4.82. The molecule has 0 aromatic heterocycles. The summed E-state index contributed by atoms with van der Waals surface area (Å²) in [4.78, 5) is 24.3. The summed E-state index contributed by atoms with van der Waals surface area (Å²) < 4.78 is 13.8. The first kappa shape index (κ1) is 16.9. The third-order valence-electron chi connectivity index (χ3n) is 3.10. The molecule has 21 heavy (non-hydrogen) atoms. The molecule has 0 aliphatic carbocycles. The van der Waals surface area contributed by atoms with Crippen molar-refractivity contribution in [2.75, 3.05) is 18.4 Å². The standard InChI is InChI=1S/C14H20FN3O3/c1-5-16-12-7-10(13(18(20)21)8-11(12)15)14(19)17(6-2)9(3)4/h7-9,16H,5-6H2,1-4H3. The van der Waals surface area contributed by atoms with Gasteiger partial charge in [0.25, 0.3) is 11.6 Å². The summed E-state index contributed by atoms with van der Waals surface area (Å²) in [7, 11) is 0. The highest BCUT2D eigenvalue weighted by Crippen LogP contribution is 2.27. The fourth-order valence-corrected chi connectivity index (χ4v) is 2.11. The molecule has 0 saturated carbocycles. The van der Waals surface area contributed by atoms with E-state index in [-0.39, 0.29) is 17.3 Å². The number of anilines is 1. The van der Waals surface area contributed by atoms with Gasteiger partial charge in [0, 0.05) is 19.1 Å². The minimum absolute atomic E-state index is 0.0891. The Hall–Kier alpha value is -2.18. The van der Waals surface area contributed by atoms with E-state index in [1.165, 1.54) is 11.0 Å². The number of nitro groups is 1. The molecule has 0 radical (unpaired) electrons. The Balaban J connectivity index is 3.40. The van der Waals surface area contributed by atoms with Crippen LogP contribution in [0.25, 0.3) is 0 Å². The van der Waals surface area contributed by atoms with E-state index >= 15 is 0 Å². The summed E-state index contributed by atoms with van der Waals surface area (Å²) in [6, 6.07) is 1.90. The number of nitro benzene ring substituents is 1. The van der Waals surface area contributed by atoms with Gasteiger partial charge in [-0.3, -0.25) is 14.9 Å². The smallest absolute Gasteiger partial charge is 0.285 e. The topological polar surface area (TPSA) is 75.5 Å². The third-order valence-corrected chi connectivity index (χ3v) is 3.10. The van der Waals surface area contributed by atoms with Gasteiger partial charge in [-0.1, -0.05) is 0 Å². The summed E-state index contributed by atoms with van der Waals surface area (Å²) in [5, 5.41) is 13.8. The van der Waals surface area contributed by atoms with Crippen LogP contribution in [0.1, 0.15) is 38.1 Å². The summed E-state index contributed by atoms with van der Waals surface area (Å²) in [6.07, 6.45) is 0. The number of amides is 1. The number of carbonyl (C=O) groups is 1. The fourth-order valence-electron chi connectivity index (χ4n) is 2.11. The van der Waals surface area contributed by atoms with Gasteiger partial charge in [-0.15, -0.1) is 0 Å². The molecule has 0 aliphatic heterocycles. The quantitative estimate of drug-likeness (QED) is 0.647. The molecule has 0 heterocycles. The Morgan fingerprint density at radius 3 is 2.48 bits per heavy atom. The molecule has 0 fully saturated rings. The van der Waals surface area contributed by atoms with Crippen molar-refractivity contribution in [3.05, 3.63) is 33.6 Å². The Morgan fingerprint density at radius 1 is 1.43 bits per heavy atom. The molecule has 0 bridgehead atoms. The Kier molecular flexibility index (Phi) is 5.63. The normalized spacial score (nSPS) is 10.6. The van der Waals surface area contributed by atoms with Crippen LogP contribution in [-0.2, 0) is 0 Å². The maximum Gasteiger partial charge on any atom is 0.285 e. The van der Waals surface area contributed by atoms with Crippen molar-refractivity contribution in [3.63, 3.8) is 0 Å². The lowest BCUT2D eigenvalue weighted by atomic mass is 10.1. The minimum atomic E-state index is -0.743. The lowest BCUT2D eigenvalue weighted by Gasteiger charge is -2.25. The number of hydrogen-bond acceptors (Lipinski definition) is 4. The van der Waals surface area contributed by atoms with E-state index in [1.807, 2.05) is 13.8 Å². The van der Waals surface area contributed by atoms with Crippen LogP contribution in [0.4, 0.5) is 15.8 Å². The molecule has 6 nitrogen and oxygen atoms in total. The third kappa shape index (κ3) is 3.68. The lowest BCUT2D eigenvalue weighted by Crippen LogP contribution is -2.37. The fraction of sp³-hybridized carbons (Fsp3) is 0.500. The van der Waals surface area contributed by atoms with Crippen LogP contribution in [0, 0.1) is 15.9 Å². The van der Waals surface area contributed by atoms with Crippen LogP contribution in [0.15, 0.2) is 12.1 Å². The average molecular weight is 297 g/mol. The molecule has 7 heteroatoms. The van der Waals surface area contributed by atoms with Gasteiger partial charge in [-0.25, -0.2) is 4.39 Å². The molecule has 0 atom stereocenters. The zero-order valence-corrected chi connectivity index (χ0v) is 12.6. The number of hydrogen-bond donors (Lipinski definition) is 1. The van der Waals surface area contributed by atoms with Crippen LogP contribution in [0.3, 0.4) is 0 Å². The first-order valence-corrected chi connectivity index (χ1v) is 6.86. The Morgan fingerprint density at radius 2 is 2.05 bits per heavy atom. The molecule has 0 unspecified atom stereocenters. The number of carbonyl (C=O) groups excluding carboxylic acids is 1. The van der Waals surface area contributed by atoms with Crippen molar-refractivity contribution >= 4 is 17.3 Å². The highest BCUT2D eigenvalue weighted by molar-refractivity contribution is 5.99. The van der Waals surface area contributed by atoms with E-state index in [0.29, 0.717) is 13.1 Å². The van der Waals surface area contributed by atoms with Crippen molar-refractivity contribution in [3.8, 4) is 0 Å². The Bertz CT molecular complexity index is 547. The van der Waals surface area contributed by atoms with E-state index in [0.717, 1.165) is 6.07 Å². The van der Waals surface area contributed by atoms with Crippen LogP contribution < -0.4 is 5.32 Å². The van der Waals surface area contributed by atoms with Crippen LogP contribution >= 0.6 is 0 Å². The molecule has 0 saturated heterocycles. The molecule has 1 N–H and O–H groups in total. The second kappa shape index (κ2) is 7.01. The van der Waals surface area contributed by atoms with Gasteiger partial charge in [-0.2, -0.15) is 0 Å². The van der Waals surface area contributed by atoms with Gasteiger partial charge in [-0.05, 0) is 33.8 Å². The van der Waals surface area contributed by atoms with Gasteiger partial charge in [0.15, 0.2) is 5.82 Å². The van der Waals surface area contributed by atoms with Crippen molar-refractivity contribution in [2.24, 2.45) is 0 Å². The highest BCUT2D eigenvalue weighted by Gasteiger charge is 2.27. The van der Waals surface area contributed by atoms with Crippen LogP contribution in [0.5, 0.6) is 0 Å². The molecule has 0 spiro atoms. The highest BCUT2D eigenvalue weighted by atomic mass is 19.1. The Labute approximate surface area is 123 Å². The lowest BCUT2D eigenvalue weighted by molar-refractivity contribution is -0.385. The first-order valence-electron chi connectivity index (χ1n) is 6.86. The predicted octanol–water partition coefficient (Wildman–Crippen LogP) is 3.04. The van der Waals surface area contributed by atoms with E-state index in [4.69, 9.17) is 0 Å².